The molecule has 2 unspecified atom stereocenters. The Bertz CT molecular complexity index is 1090. The highest BCUT2D eigenvalue weighted by molar-refractivity contribution is 9.11. The zero-order valence-corrected chi connectivity index (χ0v) is 18.4. The number of allylic oxidation sites excluding steroid dienone is 4. The average Bonchev–Trinajstić information content (AvgIpc) is 3.29. The zero-order valence-electron chi connectivity index (χ0n) is 16.8. The number of amides is 2. The Morgan fingerprint density at radius 3 is 2.62 bits per heavy atom. The van der Waals surface area contributed by atoms with Crippen LogP contribution in [0.1, 0.15) is 24.5 Å². The number of nitrogens with zero attached hydrogens (tertiary/aromatic N) is 2. The predicted octanol–water partition coefficient (Wildman–Crippen LogP) is 4.82. The van der Waals surface area contributed by atoms with Gasteiger partial charge in [0.1, 0.15) is 18.5 Å². The summed E-state index contributed by atoms with van der Waals surface area (Å²) in [5.41, 5.74) is -0.245. The molecule has 4 rings (SSSR count). The van der Waals surface area contributed by atoms with Crippen molar-refractivity contribution in [3.8, 4) is 0 Å². The van der Waals surface area contributed by atoms with E-state index in [9.17, 15) is 31.5 Å². The molecule has 4 nitrogen and oxygen atoms in total. The minimum Gasteiger partial charge on any atom is -0.338 e. The van der Waals surface area contributed by atoms with Crippen molar-refractivity contribution in [3.05, 3.63) is 63.0 Å². The Labute approximate surface area is 189 Å². The quantitative estimate of drug-likeness (QED) is 0.540. The highest BCUT2D eigenvalue weighted by Crippen LogP contribution is 2.47. The molecule has 0 radical (unpaired) electrons. The largest absolute Gasteiger partial charge is 0.419 e. The second-order valence-corrected chi connectivity index (χ2v) is 8.93. The molecule has 2 heterocycles. The lowest BCUT2D eigenvalue weighted by Crippen LogP contribution is -2.43. The zero-order chi connectivity index (χ0) is 23.4. The molecule has 0 N–H and O–H groups in total. The molecule has 0 saturated carbocycles. The second kappa shape index (κ2) is 8.13. The number of rotatable bonds is 3. The molecule has 1 aromatic carbocycles. The fourth-order valence-electron chi connectivity index (χ4n) is 4.27. The summed E-state index contributed by atoms with van der Waals surface area (Å²) in [6, 6.07) is 2.59. The molecule has 1 fully saturated rings. The Morgan fingerprint density at radius 1 is 1.28 bits per heavy atom. The van der Waals surface area contributed by atoms with Gasteiger partial charge in [0.05, 0.1) is 12.1 Å². The first-order valence-electron chi connectivity index (χ1n) is 9.87. The number of carbonyl (C=O) groups excluding carboxylic acids is 2. The van der Waals surface area contributed by atoms with Crippen LogP contribution in [0.25, 0.3) is 5.57 Å². The van der Waals surface area contributed by atoms with E-state index in [-0.39, 0.29) is 42.8 Å². The molecule has 0 bridgehead atoms. The van der Waals surface area contributed by atoms with Gasteiger partial charge in [-0.3, -0.25) is 9.59 Å². The van der Waals surface area contributed by atoms with Gasteiger partial charge in [0.25, 0.3) is 5.91 Å². The number of likely N-dealkylation sites (tertiary alicyclic amines) is 1. The lowest BCUT2D eigenvalue weighted by Gasteiger charge is -2.31. The van der Waals surface area contributed by atoms with Crippen LogP contribution in [0.5, 0.6) is 0 Å². The predicted molar refractivity (Wildman–Crippen MR) is 110 cm³/mol. The molecular formula is C22H18BrF5N2O2. The minimum absolute atomic E-state index is 0.0248. The number of hydrogen-bond donors (Lipinski definition) is 0. The van der Waals surface area contributed by atoms with E-state index < -0.39 is 41.5 Å². The third kappa shape index (κ3) is 4.00. The fraction of sp³-hybridized carbons (Fsp3) is 0.364. The summed E-state index contributed by atoms with van der Waals surface area (Å²) in [5, 5.41) is 0. The van der Waals surface area contributed by atoms with Crippen molar-refractivity contribution in [3.63, 3.8) is 0 Å². The molecule has 1 saturated heterocycles. The summed E-state index contributed by atoms with van der Waals surface area (Å²) in [7, 11) is 0. The number of hydrogen-bond acceptors (Lipinski definition) is 2. The molecular weight excluding hydrogens is 499 g/mol. The van der Waals surface area contributed by atoms with Crippen LogP contribution in [0.3, 0.4) is 0 Å². The minimum atomic E-state index is -4.89. The van der Waals surface area contributed by atoms with Crippen LogP contribution in [0, 0.1) is 11.7 Å². The van der Waals surface area contributed by atoms with E-state index in [1.165, 1.54) is 22.1 Å². The van der Waals surface area contributed by atoms with Crippen LogP contribution in [-0.4, -0.2) is 47.4 Å². The monoisotopic (exact) mass is 516 g/mol. The summed E-state index contributed by atoms with van der Waals surface area (Å²) in [6.07, 6.45) is -2.67. The summed E-state index contributed by atoms with van der Waals surface area (Å²) in [4.78, 5) is 28.4. The molecule has 2 amide bonds. The maximum Gasteiger partial charge on any atom is 0.419 e. The number of carbonyl (C=O) groups is 2. The van der Waals surface area contributed by atoms with Crippen LogP contribution < -0.4 is 0 Å². The van der Waals surface area contributed by atoms with Gasteiger partial charge in [-0.15, -0.1) is 0 Å². The Balaban J connectivity index is 1.71. The normalized spacial score (nSPS) is 23.5. The summed E-state index contributed by atoms with van der Waals surface area (Å²) >= 11 is 3.38. The molecule has 0 aromatic heterocycles. The first-order valence-corrected chi connectivity index (χ1v) is 10.7. The van der Waals surface area contributed by atoms with Crippen molar-refractivity contribution in [2.75, 3.05) is 19.6 Å². The van der Waals surface area contributed by atoms with Gasteiger partial charge >= 0.3 is 6.18 Å². The summed E-state index contributed by atoms with van der Waals surface area (Å²) in [6.45, 7) is 1.68. The molecule has 170 valence electrons. The van der Waals surface area contributed by atoms with Gasteiger partial charge in [-0.25, -0.2) is 8.78 Å². The standard InChI is InChI=1S/C22H18BrF5N2O2/c1-11-8-30(10-18(31)29-5-4-13(24)9-29)21(32)20-14(7-16(23)19(11)20)12-2-3-17(25)15(6-12)22(26,27)28/h2-3,6-8,13,19H,4-5,9-10H2,1H3. The van der Waals surface area contributed by atoms with Gasteiger partial charge in [0, 0.05) is 28.7 Å². The van der Waals surface area contributed by atoms with Crippen LogP contribution >= 0.6 is 15.9 Å². The van der Waals surface area contributed by atoms with Crippen LogP contribution in [-0.2, 0) is 15.8 Å². The van der Waals surface area contributed by atoms with Crippen molar-refractivity contribution in [1.29, 1.82) is 0 Å². The third-order valence-electron chi connectivity index (χ3n) is 5.81. The van der Waals surface area contributed by atoms with Gasteiger partial charge < -0.3 is 9.80 Å². The molecule has 3 aliphatic rings. The molecule has 10 heteroatoms. The first-order chi connectivity index (χ1) is 15.0. The molecule has 0 spiro atoms. The van der Waals surface area contributed by atoms with Crippen LogP contribution in [0.4, 0.5) is 22.0 Å². The van der Waals surface area contributed by atoms with E-state index in [1.54, 1.807) is 13.0 Å². The number of halogens is 6. The average molecular weight is 517 g/mol. The highest BCUT2D eigenvalue weighted by atomic mass is 79.9. The molecule has 2 atom stereocenters. The highest BCUT2D eigenvalue weighted by Gasteiger charge is 2.41. The van der Waals surface area contributed by atoms with E-state index in [0.29, 0.717) is 16.1 Å². The van der Waals surface area contributed by atoms with Gasteiger partial charge in [-0.2, -0.15) is 13.2 Å². The van der Waals surface area contributed by atoms with Crippen molar-refractivity contribution in [2.45, 2.75) is 25.7 Å². The number of alkyl halides is 4. The van der Waals surface area contributed by atoms with Crippen molar-refractivity contribution < 1.29 is 31.5 Å². The van der Waals surface area contributed by atoms with Gasteiger partial charge in [-0.1, -0.05) is 22.0 Å². The third-order valence-corrected chi connectivity index (χ3v) is 6.50. The van der Waals surface area contributed by atoms with Gasteiger partial charge in [0.2, 0.25) is 5.91 Å². The lowest BCUT2D eigenvalue weighted by atomic mass is 9.88. The van der Waals surface area contributed by atoms with E-state index in [1.807, 2.05) is 0 Å². The van der Waals surface area contributed by atoms with Crippen molar-refractivity contribution in [1.82, 2.24) is 9.80 Å². The van der Waals surface area contributed by atoms with Crippen molar-refractivity contribution >= 4 is 33.3 Å². The maximum absolute atomic E-state index is 13.8. The van der Waals surface area contributed by atoms with Crippen molar-refractivity contribution in [2.24, 2.45) is 5.92 Å². The van der Waals surface area contributed by atoms with E-state index in [4.69, 9.17) is 0 Å². The molecule has 1 aliphatic carbocycles. The summed E-state index contributed by atoms with van der Waals surface area (Å²) in [5.74, 6) is -2.86. The van der Waals surface area contributed by atoms with Crippen LogP contribution in [0.2, 0.25) is 0 Å². The SMILES string of the molecule is CC1=CN(CC(=O)N2CCC(F)C2)C(=O)C2=C(c3ccc(F)c(C(F)(F)F)c3)C=C(Br)C12. The molecule has 2 aliphatic heterocycles. The Hall–Kier alpha value is -2.49. The second-order valence-electron chi connectivity index (χ2n) is 8.01. The Morgan fingerprint density at radius 2 is 2.00 bits per heavy atom. The molecule has 1 aromatic rings. The van der Waals surface area contributed by atoms with E-state index in [0.717, 1.165) is 6.07 Å². The van der Waals surface area contributed by atoms with Gasteiger partial charge in [-0.05, 0) is 48.3 Å². The Kier molecular flexibility index (Phi) is 5.77. The fourth-order valence-corrected chi connectivity index (χ4v) is 5.09. The van der Waals surface area contributed by atoms with E-state index in [2.05, 4.69) is 15.9 Å². The summed E-state index contributed by atoms with van der Waals surface area (Å²) < 4.78 is 67.4. The number of fused-ring (bicyclic) bond motifs is 1. The van der Waals surface area contributed by atoms with Crippen LogP contribution in [0.15, 0.2) is 46.1 Å². The molecule has 32 heavy (non-hydrogen) atoms. The van der Waals surface area contributed by atoms with E-state index >= 15 is 0 Å². The number of benzene rings is 1. The lowest BCUT2D eigenvalue weighted by molar-refractivity contribution is -0.140. The smallest absolute Gasteiger partial charge is 0.338 e. The topological polar surface area (TPSA) is 40.6 Å². The van der Waals surface area contributed by atoms with Gasteiger partial charge in [0.15, 0.2) is 0 Å². The first kappa shape index (κ1) is 22.7. The maximum atomic E-state index is 13.8.